The number of hydrogen-bond donors (Lipinski definition) is 2. The van der Waals surface area contributed by atoms with Gasteiger partial charge in [0.15, 0.2) is 24.1 Å². The SMILES string of the molecule is O=C(COC(=O)c1ccccc1Cl)NCC(=O)Nc1ccc(F)c(F)c1F. The largest absolute Gasteiger partial charge is 0.452 e. The number of carbonyl (C=O) groups excluding carboxylic acids is 3. The second-order valence-corrected chi connectivity index (χ2v) is 5.51. The third kappa shape index (κ3) is 5.45. The number of amides is 2. The molecule has 0 bridgehead atoms. The van der Waals surface area contributed by atoms with Crippen molar-refractivity contribution in [1.29, 1.82) is 0 Å². The van der Waals surface area contributed by atoms with Crippen LogP contribution in [0.2, 0.25) is 5.02 Å². The molecule has 0 aromatic heterocycles. The molecule has 6 nitrogen and oxygen atoms in total. The highest BCUT2D eigenvalue weighted by Crippen LogP contribution is 2.19. The van der Waals surface area contributed by atoms with Gasteiger partial charge in [-0.3, -0.25) is 9.59 Å². The van der Waals surface area contributed by atoms with Gasteiger partial charge in [0.2, 0.25) is 5.91 Å². The Bertz CT molecular complexity index is 892. The summed E-state index contributed by atoms with van der Waals surface area (Å²) in [6.45, 7) is -1.29. The number of carbonyl (C=O) groups is 3. The first-order chi connectivity index (χ1) is 12.8. The lowest BCUT2D eigenvalue weighted by Gasteiger charge is -2.09. The average molecular weight is 401 g/mol. The maximum Gasteiger partial charge on any atom is 0.340 e. The van der Waals surface area contributed by atoms with Crippen LogP contribution in [0.3, 0.4) is 0 Å². The molecule has 0 saturated heterocycles. The number of esters is 1. The Kier molecular flexibility index (Phi) is 6.78. The summed E-state index contributed by atoms with van der Waals surface area (Å²) in [7, 11) is 0. The molecule has 2 N–H and O–H groups in total. The maximum atomic E-state index is 13.4. The van der Waals surface area contributed by atoms with Gasteiger partial charge >= 0.3 is 5.97 Å². The van der Waals surface area contributed by atoms with Crippen molar-refractivity contribution in [3.63, 3.8) is 0 Å². The van der Waals surface area contributed by atoms with E-state index in [1.165, 1.54) is 12.1 Å². The van der Waals surface area contributed by atoms with Crippen molar-refractivity contribution in [2.75, 3.05) is 18.5 Å². The van der Waals surface area contributed by atoms with Crippen molar-refractivity contribution in [2.45, 2.75) is 0 Å². The van der Waals surface area contributed by atoms with E-state index in [4.69, 9.17) is 16.3 Å². The minimum absolute atomic E-state index is 0.0681. The van der Waals surface area contributed by atoms with Crippen molar-refractivity contribution < 1.29 is 32.3 Å². The molecule has 0 aliphatic rings. The standard InChI is InChI=1S/C17H12ClF3N2O4/c18-10-4-2-1-3-9(10)17(26)27-8-14(25)22-7-13(24)23-12-6-5-11(19)15(20)16(12)21/h1-6H,7-8H2,(H,22,25)(H,23,24). The van der Waals surface area contributed by atoms with Crippen LogP contribution in [-0.4, -0.2) is 30.9 Å². The summed E-state index contributed by atoms with van der Waals surface area (Å²) in [5.74, 6) is -7.24. The molecule has 0 spiro atoms. The molecule has 0 saturated carbocycles. The van der Waals surface area contributed by atoms with Crippen LogP contribution in [0.25, 0.3) is 0 Å². The van der Waals surface area contributed by atoms with Gasteiger partial charge in [0, 0.05) is 0 Å². The lowest BCUT2D eigenvalue weighted by atomic mass is 10.2. The number of ether oxygens (including phenoxy) is 1. The van der Waals surface area contributed by atoms with E-state index < -0.39 is 54.1 Å². The van der Waals surface area contributed by atoms with Crippen LogP contribution in [0.15, 0.2) is 36.4 Å². The number of rotatable bonds is 6. The zero-order valence-electron chi connectivity index (χ0n) is 13.5. The number of anilines is 1. The summed E-state index contributed by atoms with van der Waals surface area (Å²) >= 11 is 5.81. The second-order valence-electron chi connectivity index (χ2n) is 5.10. The Balaban J connectivity index is 1.80. The Morgan fingerprint density at radius 2 is 1.67 bits per heavy atom. The number of nitrogens with one attached hydrogen (secondary N) is 2. The van der Waals surface area contributed by atoms with Crippen LogP contribution in [0.4, 0.5) is 18.9 Å². The van der Waals surface area contributed by atoms with Gasteiger partial charge in [0.05, 0.1) is 22.8 Å². The number of benzene rings is 2. The van der Waals surface area contributed by atoms with Gasteiger partial charge in [-0.05, 0) is 24.3 Å². The summed E-state index contributed by atoms with van der Waals surface area (Å²) in [4.78, 5) is 35.0. The van der Waals surface area contributed by atoms with Gasteiger partial charge in [0.1, 0.15) is 0 Å². The minimum Gasteiger partial charge on any atom is -0.452 e. The van der Waals surface area contributed by atoms with Crippen LogP contribution in [0.5, 0.6) is 0 Å². The molecule has 0 radical (unpaired) electrons. The Morgan fingerprint density at radius 3 is 2.37 bits per heavy atom. The summed E-state index contributed by atoms with van der Waals surface area (Å²) in [5, 5.41) is 4.24. The van der Waals surface area contributed by atoms with E-state index in [1.807, 2.05) is 5.32 Å². The summed E-state index contributed by atoms with van der Waals surface area (Å²) in [6, 6.07) is 7.52. The van der Waals surface area contributed by atoms with Gasteiger partial charge in [0.25, 0.3) is 5.91 Å². The van der Waals surface area contributed by atoms with E-state index >= 15 is 0 Å². The zero-order valence-corrected chi connectivity index (χ0v) is 14.3. The molecule has 2 aromatic rings. The van der Waals surface area contributed by atoms with Crippen molar-refractivity contribution in [3.8, 4) is 0 Å². The topological polar surface area (TPSA) is 84.5 Å². The van der Waals surface area contributed by atoms with Crippen LogP contribution in [-0.2, 0) is 14.3 Å². The molecular formula is C17H12ClF3N2O4. The first-order valence-corrected chi connectivity index (χ1v) is 7.79. The fraction of sp³-hybridized carbons (Fsp3) is 0.118. The molecule has 0 aliphatic carbocycles. The van der Waals surface area contributed by atoms with Gasteiger partial charge < -0.3 is 15.4 Å². The van der Waals surface area contributed by atoms with E-state index in [1.54, 1.807) is 12.1 Å². The van der Waals surface area contributed by atoms with E-state index in [0.29, 0.717) is 6.07 Å². The van der Waals surface area contributed by atoms with Gasteiger partial charge in [-0.1, -0.05) is 23.7 Å². The molecule has 2 aromatic carbocycles. The van der Waals surface area contributed by atoms with Crippen LogP contribution in [0, 0.1) is 17.5 Å². The third-order valence-electron chi connectivity index (χ3n) is 3.18. The molecule has 0 atom stereocenters. The van der Waals surface area contributed by atoms with E-state index in [0.717, 1.165) is 6.07 Å². The van der Waals surface area contributed by atoms with Gasteiger partial charge in [-0.2, -0.15) is 0 Å². The van der Waals surface area contributed by atoms with Gasteiger partial charge in [-0.15, -0.1) is 0 Å². The smallest absolute Gasteiger partial charge is 0.340 e. The normalized spacial score (nSPS) is 10.2. The fourth-order valence-corrected chi connectivity index (χ4v) is 2.10. The molecule has 142 valence electrons. The monoisotopic (exact) mass is 400 g/mol. The molecular weight excluding hydrogens is 389 g/mol. The van der Waals surface area contributed by atoms with E-state index in [2.05, 4.69) is 5.32 Å². The highest BCUT2D eigenvalue weighted by molar-refractivity contribution is 6.33. The third-order valence-corrected chi connectivity index (χ3v) is 3.51. The van der Waals surface area contributed by atoms with Crippen molar-refractivity contribution >= 4 is 35.1 Å². The first-order valence-electron chi connectivity index (χ1n) is 7.41. The molecule has 2 rings (SSSR count). The van der Waals surface area contributed by atoms with Crippen molar-refractivity contribution in [1.82, 2.24) is 5.32 Å². The summed E-state index contributed by atoms with van der Waals surface area (Å²) in [6.07, 6.45) is 0. The fourth-order valence-electron chi connectivity index (χ4n) is 1.88. The lowest BCUT2D eigenvalue weighted by Crippen LogP contribution is -2.35. The van der Waals surface area contributed by atoms with Crippen LogP contribution < -0.4 is 10.6 Å². The average Bonchev–Trinajstić information content (AvgIpc) is 2.65. The van der Waals surface area contributed by atoms with Crippen LogP contribution in [0.1, 0.15) is 10.4 Å². The van der Waals surface area contributed by atoms with Crippen molar-refractivity contribution in [3.05, 3.63) is 64.4 Å². The van der Waals surface area contributed by atoms with Gasteiger partial charge in [-0.25, -0.2) is 18.0 Å². The molecule has 27 heavy (non-hydrogen) atoms. The predicted molar refractivity (Wildman–Crippen MR) is 89.7 cm³/mol. The summed E-state index contributed by atoms with van der Waals surface area (Å²) in [5.41, 5.74) is -0.517. The Labute approximate surface area is 156 Å². The van der Waals surface area contributed by atoms with Crippen LogP contribution >= 0.6 is 11.6 Å². The molecule has 0 fully saturated rings. The quantitative estimate of drug-likeness (QED) is 0.577. The molecule has 0 heterocycles. The first kappa shape index (κ1) is 20.2. The summed E-state index contributed by atoms with van der Waals surface area (Å²) < 4.78 is 44.1. The number of hydrogen-bond acceptors (Lipinski definition) is 4. The Morgan fingerprint density at radius 1 is 0.963 bits per heavy atom. The molecule has 10 heteroatoms. The molecule has 0 unspecified atom stereocenters. The highest BCUT2D eigenvalue weighted by Gasteiger charge is 2.16. The van der Waals surface area contributed by atoms with E-state index in [9.17, 15) is 27.6 Å². The van der Waals surface area contributed by atoms with E-state index in [-0.39, 0.29) is 10.6 Å². The number of halogens is 4. The maximum absolute atomic E-state index is 13.4. The highest BCUT2D eigenvalue weighted by atomic mass is 35.5. The Hall–Kier alpha value is -3.07. The predicted octanol–water partition coefficient (Wildman–Crippen LogP) is 2.67. The van der Waals surface area contributed by atoms with Crippen molar-refractivity contribution in [2.24, 2.45) is 0 Å². The second kappa shape index (κ2) is 9.04. The zero-order chi connectivity index (χ0) is 20.0. The lowest BCUT2D eigenvalue weighted by molar-refractivity contribution is -0.126. The molecule has 0 aliphatic heterocycles. The molecule has 2 amide bonds. The minimum atomic E-state index is -1.73.